The summed E-state index contributed by atoms with van der Waals surface area (Å²) in [5.41, 5.74) is 0. The molecule has 1 aliphatic heterocycles. The summed E-state index contributed by atoms with van der Waals surface area (Å²) in [6, 6.07) is 0. The van der Waals surface area contributed by atoms with Gasteiger partial charge in [-0.1, -0.05) is 51.2 Å². The molecule has 2 N–H and O–H groups in total. The molecule has 0 aromatic carbocycles. The average molecular weight is 383 g/mol. The number of carboxylic acids is 1. The molecule has 2 aliphatic rings. The highest BCUT2D eigenvalue weighted by molar-refractivity contribution is 5.70. The van der Waals surface area contributed by atoms with E-state index in [9.17, 15) is 15.0 Å². The quantitative estimate of drug-likeness (QED) is 0.357. The highest BCUT2D eigenvalue weighted by Gasteiger charge is 2.52. The SMILES string of the molecule is CCCCCC(O)C=CCCCCCC(C(=O)O)C1CCCC12OCCO2. The summed E-state index contributed by atoms with van der Waals surface area (Å²) in [7, 11) is 0. The first-order valence-electron chi connectivity index (χ1n) is 10.9. The van der Waals surface area contributed by atoms with Crippen molar-refractivity contribution in [1.29, 1.82) is 0 Å². The van der Waals surface area contributed by atoms with Crippen LogP contribution in [0.2, 0.25) is 0 Å². The summed E-state index contributed by atoms with van der Waals surface area (Å²) >= 11 is 0. The zero-order valence-corrected chi connectivity index (χ0v) is 16.9. The Kier molecular flexibility index (Phi) is 9.80. The average Bonchev–Trinajstić information content (AvgIpc) is 3.28. The Balaban J connectivity index is 1.65. The van der Waals surface area contributed by atoms with E-state index < -0.39 is 11.8 Å². The van der Waals surface area contributed by atoms with Gasteiger partial charge >= 0.3 is 5.97 Å². The van der Waals surface area contributed by atoms with E-state index in [0.717, 1.165) is 57.8 Å². The molecule has 0 bridgehead atoms. The molecule has 5 nitrogen and oxygen atoms in total. The van der Waals surface area contributed by atoms with Crippen molar-refractivity contribution in [3.8, 4) is 0 Å². The van der Waals surface area contributed by atoms with Crippen LogP contribution in [0.5, 0.6) is 0 Å². The molecule has 1 saturated carbocycles. The van der Waals surface area contributed by atoms with Gasteiger partial charge in [0.1, 0.15) is 0 Å². The number of carbonyl (C=O) groups is 1. The van der Waals surface area contributed by atoms with Crippen LogP contribution in [0.15, 0.2) is 12.2 Å². The summed E-state index contributed by atoms with van der Waals surface area (Å²) in [5, 5.41) is 19.6. The molecule has 0 aromatic rings. The van der Waals surface area contributed by atoms with Crippen LogP contribution in [0, 0.1) is 11.8 Å². The van der Waals surface area contributed by atoms with Gasteiger partial charge in [0, 0.05) is 12.3 Å². The fourth-order valence-corrected chi connectivity index (χ4v) is 4.56. The Bertz CT molecular complexity index is 450. The molecule has 0 aromatic heterocycles. The number of ether oxygens (including phenoxy) is 2. The lowest BCUT2D eigenvalue weighted by Gasteiger charge is -2.33. The highest BCUT2D eigenvalue weighted by atomic mass is 16.7. The predicted octanol–water partition coefficient (Wildman–Crippen LogP) is 4.68. The smallest absolute Gasteiger partial charge is 0.306 e. The molecule has 3 unspecified atom stereocenters. The van der Waals surface area contributed by atoms with Crippen molar-refractivity contribution < 1.29 is 24.5 Å². The number of hydrogen-bond acceptors (Lipinski definition) is 4. The van der Waals surface area contributed by atoms with Crippen molar-refractivity contribution in [3.05, 3.63) is 12.2 Å². The van der Waals surface area contributed by atoms with Crippen LogP contribution in [0.1, 0.15) is 84.0 Å². The molecular weight excluding hydrogens is 344 g/mol. The van der Waals surface area contributed by atoms with Gasteiger partial charge in [0.2, 0.25) is 0 Å². The number of aliphatic hydroxyl groups excluding tert-OH is 1. The number of unbranched alkanes of at least 4 members (excludes halogenated alkanes) is 5. The fourth-order valence-electron chi connectivity index (χ4n) is 4.56. The second kappa shape index (κ2) is 11.8. The molecule has 3 atom stereocenters. The van der Waals surface area contributed by atoms with Gasteiger partial charge in [-0.05, 0) is 38.5 Å². The van der Waals surface area contributed by atoms with E-state index in [2.05, 4.69) is 13.0 Å². The predicted molar refractivity (Wildman–Crippen MR) is 105 cm³/mol. The van der Waals surface area contributed by atoms with Gasteiger partial charge in [-0.15, -0.1) is 0 Å². The van der Waals surface area contributed by atoms with Gasteiger partial charge < -0.3 is 19.7 Å². The number of aliphatic hydroxyl groups is 1. The summed E-state index contributed by atoms with van der Waals surface area (Å²) in [4.78, 5) is 11.8. The van der Waals surface area contributed by atoms with Gasteiger partial charge in [-0.3, -0.25) is 4.79 Å². The van der Waals surface area contributed by atoms with Gasteiger partial charge in [-0.25, -0.2) is 0 Å². The van der Waals surface area contributed by atoms with Crippen LogP contribution in [-0.2, 0) is 14.3 Å². The molecule has 5 heteroatoms. The lowest BCUT2D eigenvalue weighted by molar-refractivity contribution is -0.198. The molecule has 2 rings (SSSR count). The second-order valence-corrected chi connectivity index (χ2v) is 8.08. The van der Waals surface area contributed by atoms with Crippen molar-refractivity contribution in [2.24, 2.45) is 11.8 Å². The van der Waals surface area contributed by atoms with E-state index in [-0.39, 0.29) is 17.9 Å². The van der Waals surface area contributed by atoms with Gasteiger partial charge in [0.05, 0.1) is 25.2 Å². The van der Waals surface area contributed by atoms with E-state index in [4.69, 9.17) is 9.47 Å². The monoisotopic (exact) mass is 382 g/mol. The number of hydrogen-bond donors (Lipinski definition) is 2. The standard InChI is InChI=1S/C22H38O5/c1-2-3-7-11-18(23)12-8-5-4-6-9-13-19(21(24)25)20-14-10-15-22(20)26-16-17-27-22/h8,12,18-20,23H,2-7,9-11,13-17H2,1H3,(H,24,25). The minimum absolute atomic E-state index is 0.0179. The summed E-state index contributed by atoms with van der Waals surface area (Å²) in [6.45, 7) is 3.33. The zero-order chi connectivity index (χ0) is 19.5. The first-order valence-corrected chi connectivity index (χ1v) is 10.9. The van der Waals surface area contributed by atoms with Crippen LogP contribution in [0.25, 0.3) is 0 Å². The van der Waals surface area contributed by atoms with Crippen molar-refractivity contribution in [2.45, 2.75) is 95.9 Å². The van der Waals surface area contributed by atoms with E-state index in [1.807, 2.05) is 6.08 Å². The number of allylic oxidation sites excluding steroid dienone is 1. The van der Waals surface area contributed by atoms with Crippen molar-refractivity contribution in [3.63, 3.8) is 0 Å². The summed E-state index contributed by atoms with van der Waals surface area (Å²) in [6.07, 6.45) is 15.2. The molecule has 0 radical (unpaired) electrons. The van der Waals surface area contributed by atoms with Gasteiger partial charge in [-0.2, -0.15) is 0 Å². The maximum absolute atomic E-state index is 11.8. The Morgan fingerprint density at radius 2 is 1.89 bits per heavy atom. The molecule has 156 valence electrons. The number of carboxylic acid groups (broad SMARTS) is 1. The molecule has 27 heavy (non-hydrogen) atoms. The Morgan fingerprint density at radius 3 is 2.59 bits per heavy atom. The highest BCUT2D eigenvalue weighted by Crippen LogP contribution is 2.47. The third kappa shape index (κ3) is 6.88. The Labute approximate surface area is 164 Å². The molecule has 1 aliphatic carbocycles. The molecule has 1 saturated heterocycles. The lowest BCUT2D eigenvalue weighted by atomic mass is 9.83. The van der Waals surface area contributed by atoms with Crippen LogP contribution in [-0.4, -0.2) is 41.3 Å². The van der Waals surface area contributed by atoms with E-state index in [0.29, 0.717) is 19.6 Å². The van der Waals surface area contributed by atoms with Crippen molar-refractivity contribution in [1.82, 2.24) is 0 Å². The van der Waals surface area contributed by atoms with E-state index >= 15 is 0 Å². The molecule has 1 heterocycles. The maximum atomic E-state index is 11.8. The number of rotatable bonds is 13. The minimum atomic E-state index is -0.713. The van der Waals surface area contributed by atoms with Crippen LogP contribution in [0.3, 0.4) is 0 Å². The minimum Gasteiger partial charge on any atom is -0.481 e. The van der Waals surface area contributed by atoms with Crippen LogP contribution in [0.4, 0.5) is 0 Å². The first kappa shape index (κ1) is 22.4. The summed E-state index contributed by atoms with van der Waals surface area (Å²) < 4.78 is 11.7. The van der Waals surface area contributed by atoms with Crippen LogP contribution < -0.4 is 0 Å². The normalized spacial score (nSPS) is 24.0. The lowest BCUT2D eigenvalue weighted by Crippen LogP contribution is -2.41. The molecule has 0 amide bonds. The van der Waals surface area contributed by atoms with E-state index in [1.165, 1.54) is 12.8 Å². The third-order valence-electron chi connectivity index (χ3n) is 6.03. The van der Waals surface area contributed by atoms with Gasteiger partial charge in [0.15, 0.2) is 5.79 Å². The largest absolute Gasteiger partial charge is 0.481 e. The van der Waals surface area contributed by atoms with Crippen molar-refractivity contribution in [2.75, 3.05) is 13.2 Å². The third-order valence-corrected chi connectivity index (χ3v) is 6.03. The molecular formula is C22H38O5. The van der Waals surface area contributed by atoms with Crippen molar-refractivity contribution >= 4 is 5.97 Å². The summed E-state index contributed by atoms with van der Waals surface area (Å²) in [5.74, 6) is -1.73. The Hall–Kier alpha value is -0.910. The molecule has 2 fully saturated rings. The van der Waals surface area contributed by atoms with Crippen LogP contribution >= 0.6 is 0 Å². The second-order valence-electron chi connectivity index (χ2n) is 8.08. The van der Waals surface area contributed by atoms with Gasteiger partial charge in [0.25, 0.3) is 0 Å². The number of aliphatic carboxylic acids is 1. The fraction of sp³-hybridized carbons (Fsp3) is 0.864. The first-order chi connectivity index (χ1) is 13.1. The van der Waals surface area contributed by atoms with E-state index in [1.54, 1.807) is 0 Å². The Morgan fingerprint density at radius 1 is 1.15 bits per heavy atom. The zero-order valence-electron chi connectivity index (χ0n) is 16.9. The molecule has 1 spiro atoms. The topological polar surface area (TPSA) is 76.0 Å². The maximum Gasteiger partial charge on any atom is 0.306 e.